The van der Waals surface area contributed by atoms with E-state index >= 15 is 0 Å². The molecule has 0 bridgehead atoms. The number of para-hydroxylation sites is 4. The minimum Gasteiger partial charge on any atom is -0.309 e. The molecular weight excluding hydrogens is 691 g/mol. The van der Waals surface area contributed by atoms with Gasteiger partial charge in [0, 0.05) is 38.0 Å². The molecule has 3 aromatic heterocycles. The van der Waals surface area contributed by atoms with E-state index < -0.39 is 0 Å². The minimum atomic E-state index is -0.0826. The van der Waals surface area contributed by atoms with Gasteiger partial charge in [-0.3, -0.25) is 4.57 Å². The van der Waals surface area contributed by atoms with Crippen LogP contribution in [-0.4, -0.2) is 14.1 Å². The average molecular weight is 728 g/mol. The van der Waals surface area contributed by atoms with Crippen molar-refractivity contribution >= 4 is 54.5 Å². The molecule has 11 aromatic rings. The van der Waals surface area contributed by atoms with Crippen LogP contribution < -0.4 is 0 Å². The number of hydrogen-bond donors (Lipinski definition) is 0. The van der Waals surface area contributed by atoms with Crippen molar-refractivity contribution in [3.05, 3.63) is 199 Å². The van der Waals surface area contributed by atoms with Crippen LogP contribution in [0.5, 0.6) is 0 Å². The Hall–Kier alpha value is -7.23. The molecule has 1 aliphatic rings. The summed E-state index contributed by atoms with van der Waals surface area (Å²) < 4.78 is 4.75. The Morgan fingerprint density at radius 1 is 0.368 bits per heavy atom. The number of rotatable bonds is 4. The summed E-state index contributed by atoms with van der Waals surface area (Å²) in [6, 6.07) is 68.8. The monoisotopic (exact) mass is 727 g/mol. The lowest BCUT2D eigenvalue weighted by Crippen LogP contribution is -2.14. The molecule has 0 atom stereocenters. The van der Waals surface area contributed by atoms with Crippen molar-refractivity contribution in [3.8, 4) is 44.9 Å². The first-order valence-corrected chi connectivity index (χ1v) is 19.8. The minimum absolute atomic E-state index is 0.0826. The van der Waals surface area contributed by atoms with Crippen LogP contribution in [0.2, 0.25) is 0 Å². The number of pyridine rings is 1. The first-order valence-electron chi connectivity index (χ1n) is 19.8. The van der Waals surface area contributed by atoms with E-state index in [0.717, 1.165) is 33.4 Å². The largest absolute Gasteiger partial charge is 0.309 e. The van der Waals surface area contributed by atoms with Crippen LogP contribution in [0.4, 0.5) is 0 Å². The van der Waals surface area contributed by atoms with Gasteiger partial charge in [-0.2, -0.15) is 0 Å². The van der Waals surface area contributed by atoms with Crippen LogP contribution in [-0.2, 0) is 5.41 Å². The summed E-state index contributed by atoms with van der Waals surface area (Å²) in [7, 11) is 0. The van der Waals surface area contributed by atoms with Gasteiger partial charge in [0.05, 0.1) is 27.6 Å². The Kier molecular flexibility index (Phi) is 6.68. The van der Waals surface area contributed by atoms with Crippen LogP contribution >= 0.6 is 0 Å². The molecule has 0 saturated carbocycles. The van der Waals surface area contributed by atoms with E-state index in [4.69, 9.17) is 4.98 Å². The highest BCUT2D eigenvalue weighted by Crippen LogP contribution is 2.50. The summed E-state index contributed by atoms with van der Waals surface area (Å²) in [5.74, 6) is 0.916. The lowest BCUT2D eigenvalue weighted by Gasteiger charge is -2.22. The maximum absolute atomic E-state index is 5.37. The van der Waals surface area contributed by atoms with Crippen molar-refractivity contribution in [1.29, 1.82) is 0 Å². The maximum Gasteiger partial charge on any atom is 0.138 e. The van der Waals surface area contributed by atoms with Crippen LogP contribution in [0.3, 0.4) is 0 Å². The summed E-state index contributed by atoms with van der Waals surface area (Å²) in [4.78, 5) is 5.37. The Balaban J connectivity index is 1.04. The average Bonchev–Trinajstić information content (AvgIpc) is 3.86. The fourth-order valence-corrected chi connectivity index (χ4v) is 9.79. The van der Waals surface area contributed by atoms with Gasteiger partial charge in [-0.1, -0.05) is 141 Å². The fourth-order valence-electron chi connectivity index (χ4n) is 9.79. The molecule has 3 nitrogen and oxygen atoms in total. The molecule has 3 heteroatoms. The molecule has 3 heterocycles. The Bertz CT molecular complexity index is 3430. The van der Waals surface area contributed by atoms with E-state index in [-0.39, 0.29) is 5.41 Å². The summed E-state index contributed by atoms with van der Waals surface area (Å²) in [6.07, 6.45) is 0. The second-order valence-electron chi connectivity index (χ2n) is 16.0. The predicted molar refractivity (Wildman–Crippen MR) is 239 cm³/mol. The summed E-state index contributed by atoms with van der Waals surface area (Å²) >= 11 is 0. The molecule has 12 rings (SSSR count). The lowest BCUT2D eigenvalue weighted by molar-refractivity contribution is 0.660. The van der Waals surface area contributed by atoms with E-state index in [0.29, 0.717) is 0 Å². The Morgan fingerprint density at radius 3 is 1.81 bits per heavy atom. The van der Waals surface area contributed by atoms with Gasteiger partial charge in [-0.15, -0.1) is 0 Å². The number of hydrogen-bond acceptors (Lipinski definition) is 1. The highest BCUT2D eigenvalue weighted by Gasteiger charge is 2.35. The molecule has 57 heavy (non-hydrogen) atoms. The van der Waals surface area contributed by atoms with Crippen LogP contribution in [0.1, 0.15) is 25.0 Å². The van der Waals surface area contributed by atoms with Crippen LogP contribution in [0.15, 0.2) is 188 Å². The fraction of sp³-hybridized carbons (Fsp3) is 0.0556. The maximum atomic E-state index is 5.37. The van der Waals surface area contributed by atoms with Crippen LogP contribution in [0, 0.1) is 0 Å². The molecule has 0 spiro atoms. The molecule has 8 aromatic carbocycles. The van der Waals surface area contributed by atoms with Crippen molar-refractivity contribution in [2.75, 3.05) is 0 Å². The van der Waals surface area contributed by atoms with Crippen LogP contribution in [0.25, 0.3) is 99.4 Å². The van der Waals surface area contributed by atoms with E-state index in [1.165, 1.54) is 77.1 Å². The lowest BCUT2D eigenvalue weighted by atomic mass is 9.81. The third kappa shape index (κ3) is 4.63. The number of benzene rings is 8. The van der Waals surface area contributed by atoms with Crippen molar-refractivity contribution in [1.82, 2.24) is 14.1 Å². The normalized spacial score (nSPS) is 13.2. The zero-order chi connectivity index (χ0) is 37.8. The molecule has 0 saturated heterocycles. The van der Waals surface area contributed by atoms with Crippen molar-refractivity contribution in [2.45, 2.75) is 19.3 Å². The first kappa shape index (κ1) is 32.1. The summed E-state index contributed by atoms with van der Waals surface area (Å²) in [5.41, 5.74) is 17.0. The zero-order valence-corrected chi connectivity index (χ0v) is 31.7. The van der Waals surface area contributed by atoms with E-state index in [9.17, 15) is 0 Å². The van der Waals surface area contributed by atoms with Gasteiger partial charge in [-0.05, 0) is 105 Å². The Morgan fingerprint density at radius 2 is 0.965 bits per heavy atom. The highest BCUT2D eigenvalue weighted by atomic mass is 15.1. The molecule has 0 radical (unpaired) electrons. The van der Waals surface area contributed by atoms with Crippen molar-refractivity contribution in [2.24, 2.45) is 0 Å². The van der Waals surface area contributed by atoms with Gasteiger partial charge in [0.15, 0.2) is 0 Å². The number of aromatic nitrogens is 3. The first-order chi connectivity index (χ1) is 28.0. The van der Waals surface area contributed by atoms with Gasteiger partial charge >= 0.3 is 0 Å². The molecule has 0 unspecified atom stereocenters. The van der Waals surface area contributed by atoms with Gasteiger partial charge in [0.25, 0.3) is 0 Å². The molecule has 0 aliphatic heterocycles. The molecule has 268 valence electrons. The molecule has 0 N–H and O–H groups in total. The molecular formula is C54H37N3. The van der Waals surface area contributed by atoms with E-state index in [1.54, 1.807) is 0 Å². The summed E-state index contributed by atoms with van der Waals surface area (Å²) in [5, 5.41) is 6.09. The van der Waals surface area contributed by atoms with Gasteiger partial charge in [0.2, 0.25) is 0 Å². The third-order valence-corrected chi connectivity index (χ3v) is 12.5. The standard InChI is InChI=1S/C54H37N3/c1-54(2)46-20-10-6-16-38(46)39-27-25-36(31-47(39)54)44-33-53(55-48-21-11-7-17-40(44)48)57-50-23-13-9-19-42(50)45-30-34(26-29-51(45)57)35-24-28-43-41-18-8-12-22-49(41)56(52(43)32-35)37-14-4-3-5-15-37/h3-33H,1-2H3. The Labute approximate surface area is 330 Å². The topological polar surface area (TPSA) is 22.8 Å². The molecule has 1 aliphatic carbocycles. The predicted octanol–water partition coefficient (Wildman–Crippen LogP) is 14.1. The number of fused-ring (bicyclic) bond motifs is 10. The SMILES string of the molecule is CC1(C)c2ccccc2-c2ccc(-c3cc(-n4c5ccccc5c5cc(-c6ccc7c8ccccc8n(-c8ccccc8)c7c6)ccc54)nc4ccccc34)cc21. The zero-order valence-electron chi connectivity index (χ0n) is 31.7. The second-order valence-corrected chi connectivity index (χ2v) is 16.0. The molecule has 0 fully saturated rings. The molecule has 0 amide bonds. The van der Waals surface area contributed by atoms with Gasteiger partial charge in [0.1, 0.15) is 5.82 Å². The third-order valence-electron chi connectivity index (χ3n) is 12.5. The quantitative estimate of drug-likeness (QED) is 0.177. The smallest absolute Gasteiger partial charge is 0.138 e. The highest BCUT2D eigenvalue weighted by molar-refractivity contribution is 6.12. The van der Waals surface area contributed by atoms with Gasteiger partial charge in [-0.25, -0.2) is 4.98 Å². The van der Waals surface area contributed by atoms with E-state index in [2.05, 4.69) is 211 Å². The van der Waals surface area contributed by atoms with Crippen molar-refractivity contribution < 1.29 is 0 Å². The summed E-state index contributed by atoms with van der Waals surface area (Å²) in [6.45, 7) is 4.70. The van der Waals surface area contributed by atoms with E-state index in [1.807, 2.05) is 0 Å². The number of nitrogens with zero attached hydrogens (tertiary/aromatic N) is 3. The van der Waals surface area contributed by atoms with Gasteiger partial charge < -0.3 is 4.57 Å². The second kappa shape index (κ2) is 11.9. The van der Waals surface area contributed by atoms with Crippen molar-refractivity contribution in [3.63, 3.8) is 0 Å².